The number of aromatic hydroxyl groups is 1. The van der Waals surface area contributed by atoms with E-state index in [0.29, 0.717) is 47.4 Å². The highest BCUT2D eigenvalue weighted by atomic mass is 35.5. The molecule has 1 aromatic heterocycles. The van der Waals surface area contributed by atoms with E-state index < -0.39 is 0 Å². The van der Waals surface area contributed by atoms with E-state index in [1.165, 1.54) is 6.07 Å². The first kappa shape index (κ1) is 17.9. The van der Waals surface area contributed by atoms with Gasteiger partial charge in [0.1, 0.15) is 5.75 Å². The Morgan fingerprint density at radius 3 is 2.76 bits per heavy atom. The minimum atomic E-state index is -0.288. The second-order valence-electron chi connectivity index (χ2n) is 5.97. The molecule has 2 heterocycles. The Kier molecular flexibility index (Phi) is 5.39. The van der Waals surface area contributed by atoms with Crippen LogP contribution in [0.3, 0.4) is 0 Å². The van der Waals surface area contributed by atoms with Gasteiger partial charge in [-0.25, -0.2) is 0 Å². The van der Waals surface area contributed by atoms with Gasteiger partial charge in [0.05, 0.1) is 31.6 Å². The standard InChI is InChI=1S/C17H20ClN3O4/c1-10-4-12(18)6-15(24)16(10)14-5-11(8-22)17(20-19-14)21-2-3-25-13(7-21)9-23/h4-6,13,22-24H,2-3,7-9H2,1H3/t13-/m0/s1. The van der Waals surface area contributed by atoms with Gasteiger partial charge < -0.3 is 25.0 Å². The van der Waals surface area contributed by atoms with Crippen LogP contribution in [-0.2, 0) is 11.3 Å². The topological polar surface area (TPSA) is 98.9 Å². The summed E-state index contributed by atoms with van der Waals surface area (Å²) in [5, 5.41) is 38.2. The van der Waals surface area contributed by atoms with Crippen LogP contribution in [-0.4, -0.2) is 57.9 Å². The predicted molar refractivity (Wildman–Crippen MR) is 93.8 cm³/mol. The number of anilines is 1. The molecule has 3 rings (SSSR count). The van der Waals surface area contributed by atoms with Gasteiger partial charge in [0.15, 0.2) is 5.82 Å². The van der Waals surface area contributed by atoms with Crippen molar-refractivity contribution in [2.45, 2.75) is 19.6 Å². The number of hydrogen-bond acceptors (Lipinski definition) is 7. The van der Waals surface area contributed by atoms with Crippen LogP contribution in [0.2, 0.25) is 5.02 Å². The highest BCUT2D eigenvalue weighted by molar-refractivity contribution is 6.31. The summed E-state index contributed by atoms with van der Waals surface area (Å²) in [4.78, 5) is 1.93. The fraction of sp³-hybridized carbons (Fsp3) is 0.412. The number of aliphatic hydroxyl groups is 2. The van der Waals surface area contributed by atoms with E-state index in [1.807, 2.05) is 11.8 Å². The van der Waals surface area contributed by atoms with Gasteiger partial charge in [0.25, 0.3) is 0 Å². The van der Waals surface area contributed by atoms with Crippen molar-refractivity contribution in [1.82, 2.24) is 10.2 Å². The van der Waals surface area contributed by atoms with Crippen LogP contribution >= 0.6 is 11.6 Å². The summed E-state index contributed by atoms with van der Waals surface area (Å²) in [6.07, 6.45) is -0.288. The zero-order chi connectivity index (χ0) is 18.0. The van der Waals surface area contributed by atoms with Crippen molar-refractivity contribution in [3.8, 4) is 17.0 Å². The van der Waals surface area contributed by atoms with E-state index in [1.54, 1.807) is 12.1 Å². The first-order valence-corrected chi connectivity index (χ1v) is 8.35. The maximum Gasteiger partial charge on any atom is 0.157 e. The Morgan fingerprint density at radius 2 is 2.08 bits per heavy atom. The van der Waals surface area contributed by atoms with Gasteiger partial charge >= 0.3 is 0 Å². The molecule has 1 aliphatic heterocycles. The third kappa shape index (κ3) is 3.69. The van der Waals surface area contributed by atoms with Crippen LogP contribution in [0.4, 0.5) is 5.82 Å². The monoisotopic (exact) mass is 365 g/mol. The quantitative estimate of drug-likeness (QED) is 0.755. The molecule has 0 bridgehead atoms. The van der Waals surface area contributed by atoms with Gasteiger partial charge in [-0.2, -0.15) is 0 Å². The lowest BCUT2D eigenvalue weighted by Crippen LogP contribution is -2.45. The summed E-state index contributed by atoms with van der Waals surface area (Å²) in [6, 6.07) is 4.90. The van der Waals surface area contributed by atoms with E-state index in [-0.39, 0.29) is 25.1 Å². The number of halogens is 1. The molecule has 1 aromatic carbocycles. The average molecular weight is 366 g/mol. The predicted octanol–water partition coefficient (Wildman–Crippen LogP) is 1.50. The third-order valence-electron chi connectivity index (χ3n) is 4.20. The molecular weight excluding hydrogens is 346 g/mol. The molecular formula is C17H20ClN3O4. The van der Waals surface area contributed by atoms with Crippen LogP contribution < -0.4 is 4.90 Å². The van der Waals surface area contributed by atoms with Crippen molar-refractivity contribution in [1.29, 1.82) is 0 Å². The number of phenolic OH excluding ortho intramolecular Hbond substituents is 1. The molecule has 0 spiro atoms. The highest BCUT2D eigenvalue weighted by Crippen LogP contribution is 2.35. The Hall–Kier alpha value is -1.93. The molecule has 1 fully saturated rings. The molecule has 0 unspecified atom stereocenters. The molecule has 0 amide bonds. The highest BCUT2D eigenvalue weighted by Gasteiger charge is 2.24. The van der Waals surface area contributed by atoms with Crippen LogP contribution in [0.1, 0.15) is 11.1 Å². The zero-order valence-corrected chi connectivity index (χ0v) is 14.6. The number of hydrogen-bond donors (Lipinski definition) is 3. The van der Waals surface area contributed by atoms with E-state index in [4.69, 9.17) is 16.3 Å². The number of morpholine rings is 1. The molecule has 1 atom stereocenters. The molecule has 134 valence electrons. The third-order valence-corrected chi connectivity index (χ3v) is 4.42. The molecule has 3 N–H and O–H groups in total. The van der Waals surface area contributed by atoms with E-state index in [9.17, 15) is 15.3 Å². The van der Waals surface area contributed by atoms with Crippen molar-refractivity contribution >= 4 is 17.4 Å². The summed E-state index contributed by atoms with van der Waals surface area (Å²) in [5.41, 5.74) is 2.36. The van der Waals surface area contributed by atoms with E-state index in [0.717, 1.165) is 5.56 Å². The fourth-order valence-electron chi connectivity index (χ4n) is 3.01. The van der Waals surface area contributed by atoms with Crippen LogP contribution in [0.15, 0.2) is 18.2 Å². The largest absolute Gasteiger partial charge is 0.507 e. The number of nitrogens with zero attached hydrogens (tertiary/aromatic N) is 3. The number of aliphatic hydroxyl groups excluding tert-OH is 2. The molecule has 7 nitrogen and oxygen atoms in total. The van der Waals surface area contributed by atoms with Crippen molar-refractivity contribution < 1.29 is 20.1 Å². The molecule has 0 aliphatic carbocycles. The SMILES string of the molecule is Cc1cc(Cl)cc(O)c1-c1cc(CO)c(N2CCO[C@H](CO)C2)nn1. The van der Waals surface area contributed by atoms with Gasteiger partial charge in [-0.15, -0.1) is 10.2 Å². The number of phenols is 1. The summed E-state index contributed by atoms with van der Waals surface area (Å²) in [7, 11) is 0. The van der Waals surface area contributed by atoms with Gasteiger partial charge in [-0.05, 0) is 30.7 Å². The average Bonchev–Trinajstić information content (AvgIpc) is 2.60. The zero-order valence-electron chi connectivity index (χ0n) is 13.8. The lowest BCUT2D eigenvalue weighted by molar-refractivity contribution is 0.00322. The molecule has 1 aliphatic rings. The second kappa shape index (κ2) is 7.53. The molecule has 25 heavy (non-hydrogen) atoms. The van der Waals surface area contributed by atoms with E-state index in [2.05, 4.69) is 10.2 Å². The lowest BCUT2D eigenvalue weighted by Gasteiger charge is -2.33. The van der Waals surface area contributed by atoms with Crippen molar-refractivity contribution in [2.75, 3.05) is 31.2 Å². The van der Waals surface area contributed by atoms with Crippen LogP contribution in [0.5, 0.6) is 5.75 Å². The number of aromatic nitrogens is 2. The molecule has 0 saturated carbocycles. The Balaban J connectivity index is 1.98. The number of benzene rings is 1. The summed E-state index contributed by atoms with van der Waals surface area (Å²) in [5.74, 6) is 0.571. The maximum absolute atomic E-state index is 10.2. The minimum Gasteiger partial charge on any atom is -0.507 e. The van der Waals surface area contributed by atoms with Gasteiger partial charge in [0, 0.05) is 29.2 Å². The first-order chi connectivity index (χ1) is 12.0. The first-order valence-electron chi connectivity index (χ1n) is 7.97. The van der Waals surface area contributed by atoms with Gasteiger partial charge in [-0.1, -0.05) is 11.6 Å². The molecule has 2 aromatic rings. The van der Waals surface area contributed by atoms with E-state index >= 15 is 0 Å². The number of rotatable bonds is 4. The maximum atomic E-state index is 10.2. The fourth-order valence-corrected chi connectivity index (χ4v) is 3.28. The lowest BCUT2D eigenvalue weighted by atomic mass is 10.0. The normalized spacial score (nSPS) is 17.8. The smallest absolute Gasteiger partial charge is 0.157 e. The summed E-state index contributed by atoms with van der Waals surface area (Å²) < 4.78 is 5.44. The minimum absolute atomic E-state index is 0.0163. The number of ether oxygens (including phenoxy) is 1. The van der Waals surface area contributed by atoms with Gasteiger partial charge in [-0.3, -0.25) is 0 Å². The summed E-state index contributed by atoms with van der Waals surface area (Å²) in [6.45, 7) is 3.08. The Labute approximate surface area is 150 Å². The molecule has 1 saturated heterocycles. The molecule has 0 radical (unpaired) electrons. The van der Waals surface area contributed by atoms with Crippen molar-refractivity contribution in [3.05, 3.63) is 34.3 Å². The van der Waals surface area contributed by atoms with Gasteiger partial charge in [0.2, 0.25) is 0 Å². The van der Waals surface area contributed by atoms with Crippen LogP contribution in [0.25, 0.3) is 11.3 Å². The summed E-state index contributed by atoms with van der Waals surface area (Å²) >= 11 is 5.95. The van der Waals surface area contributed by atoms with Crippen molar-refractivity contribution in [3.63, 3.8) is 0 Å². The Bertz CT molecular complexity index is 749. The Morgan fingerprint density at radius 1 is 1.28 bits per heavy atom. The molecule has 8 heteroatoms. The number of aryl methyl sites for hydroxylation is 1. The van der Waals surface area contributed by atoms with Crippen LogP contribution in [0, 0.1) is 6.92 Å². The second-order valence-corrected chi connectivity index (χ2v) is 6.41. The van der Waals surface area contributed by atoms with Crippen molar-refractivity contribution in [2.24, 2.45) is 0 Å².